The van der Waals surface area contributed by atoms with Crippen molar-refractivity contribution in [1.82, 2.24) is 10.3 Å². The first-order chi connectivity index (χ1) is 9.19. The molecule has 0 aliphatic rings. The van der Waals surface area contributed by atoms with Gasteiger partial charge in [0.15, 0.2) is 5.13 Å². The summed E-state index contributed by atoms with van der Waals surface area (Å²) in [5, 5.41) is 13.1. The van der Waals surface area contributed by atoms with Gasteiger partial charge in [0.25, 0.3) is 0 Å². The van der Waals surface area contributed by atoms with Crippen LogP contribution in [0.2, 0.25) is 0 Å². The molecule has 0 bridgehead atoms. The second-order valence-electron chi connectivity index (χ2n) is 4.64. The van der Waals surface area contributed by atoms with Crippen molar-refractivity contribution in [1.29, 1.82) is 0 Å². The average Bonchev–Trinajstić information content (AvgIpc) is 2.81. The summed E-state index contributed by atoms with van der Waals surface area (Å²) in [4.78, 5) is 7.55. The van der Waals surface area contributed by atoms with Crippen molar-refractivity contribution in [2.45, 2.75) is 32.2 Å². The van der Waals surface area contributed by atoms with Gasteiger partial charge in [-0.1, -0.05) is 24.2 Å². The van der Waals surface area contributed by atoms with E-state index in [0.29, 0.717) is 6.61 Å². The van der Waals surface area contributed by atoms with E-state index in [0.717, 1.165) is 54.7 Å². The Kier molecular flexibility index (Phi) is 7.78. The van der Waals surface area contributed by atoms with Gasteiger partial charge in [0, 0.05) is 27.2 Å². The molecule has 0 radical (unpaired) electrons. The Morgan fingerprint density at radius 1 is 1.26 bits per heavy atom. The Morgan fingerprint density at radius 2 is 2.00 bits per heavy atom. The average molecular weight is 287 g/mol. The van der Waals surface area contributed by atoms with Gasteiger partial charge in [0.2, 0.25) is 5.88 Å². The summed E-state index contributed by atoms with van der Waals surface area (Å²) < 4.78 is 5.29. The summed E-state index contributed by atoms with van der Waals surface area (Å²) >= 11 is 1.66. The lowest BCUT2D eigenvalue weighted by Gasteiger charge is -2.05. The Balaban J connectivity index is 2.28. The molecular weight excluding hydrogens is 262 g/mol. The molecule has 0 aromatic carbocycles. The maximum atomic E-state index is 8.68. The summed E-state index contributed by atoms with van der Waals surface area (Å²) in [7, 11) is 5.63. The number of thiazole rings is 1. The van der Waals surface area contributed by atoms with Gasteiger partial charge in [-0.05, 0) is 19.4 Å². The third-order valence-corrected chi connectivity index (χ3v) is 3.98. The quantitative estimate of drug-likeness (QED) is 0.643. The highest BCUT2D eigenvalue weighted by Crippen LogP contribution is 2.30. The Hall–Kier alpha value is -0.850. The first kappa shape index (κ1) is 16.2. The largest absolute Gasteiger partial charge is 0.480 e. The monoisotopic (exact) mass is 287 g/mol. The fraction of sp³-hybridized carbons (Fsp3) is 0.769. The number of nitrogens with zero attached hydrogens (tertiary/aromatic N) is 2. The van der Waals surface area contributed by atoms with Crippen LogP contribution >= 0.6 is 11.3 Å². The molecule has 1 rings (SSSR count). The van der Waals surface area contributed by atoms with E-state index in [-0.39, 0.29) is 0 Å². The van der Waals surface area contributed by atoms with Gasteiger partial charge in [-0.3, -0.25) is 0 Å². The molecular formula is C13H25N3O2S. The van der Waals surface area contributed by atoms with Crippen LogP contribution in [-0.2, 0) is 6.54 Å². The van der Waals surface area contributed by atoms with E-state index < -0.39 is 0 Å². The fourth-order valence-electron chi connectivity index (χ4n) is 1.71. The highest BCUT2D eigenvalue weighted by molar-refractivity contribution is 7.15. The Labute approximate surface area is 119 Å². The number of rotatable bonds is 10. The minimum atomic E-state index is 0.304. The topological polar surface area (TPSA) is 57.6 Å². The van der Waals surface area contributed by atoms with Crippen LogP contribution in [0.1, 0.15) is 30.6 Å². The number of unbranched alkanes of at least 4 members (excludes halogenated alkanes) is 3. The van der Waals surface area contributed by atoms with Crippen LogP contribution in [0.4, 0.5) is 5.13 Å². The van der Waals surface area contributed by atoms with E-state index in [4.69, 9.17) is 9.84 Å². The van der Waals surface area contributed by atoms with Crippen LogP contribution < -0.4 is 15.0 Å². The van der Waals surface area contributed by atoms with Crippen LogP contribution in [0.5, 0.6) is 5.88 Å². The molecule has 0 atom stereocenters. The standard InChI is InChI=1S/C13H25N3O2S/c1-16(2)13-15-12(18-3)11(19-13)10-14-8-6-4-5-7-9-17/h14,17H,4-10H2,1-3H3. The molecule has 1 aromatic rings. The third kappa shape index (κ3) is 5.76. The minimum absolute atomic E-state index is 0.304. The van der Waals surface area contributed by atoms with Crippen LogP contribution in [0.25, 0.3) is 0 Å². The van der Waals surface area contributed by atoms with Crippen molar-refractivity contribution >= 4 is 16.5 Å². The van der Waals surface area contributed by atoms with Crippen molar-refractivity contribution in [2.24, 2.45) is 0 Å². The number of nitrogens with one attached hydrogen (secondary N) is 1. The second-order valence-corrected chi connectivity index (χ2v) is 5.70. The van der Waals surface area contributed by atoms with Gasteiger partial charge in [0.05, 0.1) is 12.0 Å². The highest BCUT2D eigenvalue weighted by Gasteiger charge is 2.12. The Bertz CT molecular complexity index is 356. The van der Waals surface area contributed by atoms with Crippen molar-refractivity contribution in [3.8, 4) is 5.88 Å². The van der Waals surface area contributed by atoms with Crippen LogP contribution in [-0.4, -0.2) is 44.4 Å². The summed E-state index contributed by atoms with van der Waals surface area (Å²) in [5.41, 5.74) is 0. The first-order valence-electron chi connectivity index (χ1n) is 6.71. The number of anilines is 1. The molecule has 0 saturated heterocycles. The lowest BCUT2D eigenvalue weighted by atomic mass is 10.2. The second kappa shape index (κ2) is 9.12. The molecule has 0 saturated carbocycles. The van der Waals surface area contributed by atoms with Crippen LogP contribution in [0.15, 0.2) is 0 Å². The molecule has 6 heteroatoms. The molecule has 0 aliphatic heterocycles. The van der Waals surface area contributed by atoms with Gasteiger partial charge < -0.3 is 20.1 Å². The van der Waals surface area contributed by atoms with E-state index in [2.05, 4.69) is 10.3 Å². The van der Waals surface area contributed by atoms with E-state index in [9.17, 15) is 0 Å². The number of hydrogen-bond donors (Lipinski definition) is 2. The van der Waals surface area contributed by atoms with Crippen molar-refractivity contribution in [3.63, 3.8) is 0 Å². The molecule has 1 aromatic heterocycles. The normalized spacial score (nSPS) is 10.7. The van der Waals surface area contributed by atoms with Gasteiger partial charge >= 0.3 is 0 Å². The molecule has 0 unspecified atom stereocenters. The molecule has 1 heterocycles. The zero-order valence-corrected chi connectivity index (χ0v) is 12.9. The molecule has 0 amide bonds. The number of aliphatic hydroxyl groups excluding tert-OH is 1. The number of aliphatic hydroxyl groups is 1. The highest BCUT2D eigenvalue weighted by atomic mass is 32.1. The fourth-order valence-corrected chi connectivity index (χ4v) is 2.63. The van der Waals surface area contributed by atoms with Crippen LogP contribution in [0, 0.1) is 0 Å². The molecule has 2 N–H and O–H groups in total. The lowest BCUT2D eigenvalue weighted by molar-refractivity contribution is 0.282. The van der Waals surface area contributed by atoms with Gasteiger partial charge in [-0.25, -0.2) is 0 Å². The summed E-state index contributed by atoms with van der Waals surface area (Å²) in [6.07, 6.45) is 4.32. The molecule has 19 heavy (non-hydrogen) atoms. The molecule has 0 fully saturated rings. The molecule has 5 nitrogen and oxygen atoms in total. The first-order valence-corrected chi connectivity index (χ1v) is 7.53. The summed E-state index contributed by atoms with van der Waals surface area (Å²) in [5.74, 6) is 0.724. The van der Waals surface area contributed by atoms with E-state index >= 15 is 0 Å². The predicted octanol–water partition coefficient (Wildman–Crippen LogP) is 1.86. The number of methoxy groups -OCH3 is 1. The van der Waals surface area contributed by atoms with E-state index in [1.807, 2.05) is 19.0 Å². The smallest absolute Gasteiger partial charge is 0.230 e. The molecule has 0 aliphatic carbocycles. The molecule has 0 spiro atoms. The lowest BCUT2D eigenvalue weighted by Crippen LogP contribution is -2.14. The predicted molar refractivity (Wildman–Crippen MR) is 80.3 cm³/mol. The SMILES string of the molecule is COc1nc(N(C)C)sc1CNCCCCCCO. The van der Waals surface area contributed by atoms with Gasteiger partial charge in [-0.15, -0.1) is 0 Å². The minimum Gasteiger partial charge on any atom is -0.480 e. The maximum absolute atomic E-state index is 8.68. The third-order valence-electron chi connectivity index (χ3n) is 2.77. The number of ether oxygens (including phenoxy) is 1. The van der Waals surface area contributed by atoms with Gasteiger partial charge in [-0.2, -0.15) is 4.98 Å². The van der Waals surface area contributed by atoms with Crippen molar-refractivity contribution < 1.29 is 9.84 Å². The number of hydrogen-bond acceptors (Lipinski definition) is 6. The van der Waals surface area contributed by atoms with E-state index in [1.165, 1.54) is 0 Å². The number of aromatic nitrogens is 1. The van der Waals surface area contributed by atoms with Crippen molar-refractivity contribution in [2.75, 3.05) is 39.3 Å². The zero-order valence-electron chi connectivity index (χ0n) is 12.1. The van der Waals surface area contributed by atoms with E-state index in [1.54, 1.807) is 18.4 Å². The van der Waals surface area contributed by atoms with Gasteiger partial charge in [0.1, 0.15) is 0 Å². The van der Waals surface area contributed by atoms with Crippen molar-refractivity contribution in [3.05, 3.63) is 4.88 Å². The summed E-state index contributed by atoms with van der Waals surface area (Å²) in [6, 6.07) is 0. The maximum Gasteiger partial charge on any atom is 0.230 e. The Morgan fingerprint density at radius 3 is 2.63 bits per heavy atom. The summed E-state index contributed by atoms with van der Waals surface area (Å²) in [6.45, 7) is 2.09. The van der Waals surface area contributed by atoms with Crippen LogP contribution in [0.3, 0.4) is 0 Å². The molecule has 110 valence electrons. The zero-order chi connectivity index (χ0) is 14.1.